The van der Waals surface area contributed by atoms with Gasteiger partial charge in [0.2, 0.25) is 0 Å². The van der Waals surface area contributed by atoms with Crippen molar-refractivity contribution in [2.45, 2.75) is 6.54 Å². The molecule has 3 rings (SSSR count). The lowest BCUT2D eigenvalue weighted by Gasteiger charge is -2.02. The topological polar surface area (TPSA) is 78.9 Å². The molecule has 0 radical (unpaired) electrons. The van der Waals surface area contributed by atoms with Gasteiger partial charge in [-0.2, -0.15) is 4.98 Å². The number of para-hydroxylation sites is 1. The van der Waals surface area contributed by atoms with Gasteiger partial charge in [-0.05, 0) is 23.8 Å². The van der Waals surface area contributed by atoms with Crippen LogP contribution in [0.5, 0.6) is 11.8 Å². The monoisotopic (exact) mass is 267 g/mol. The summed E-state index contributed by atoms with van der Waals surface area (Å²) in [4.78, 5) is 8.16. The number of ether oxygens (including phenoxy) is 1. The zero-order valence-electron chi connectivity index (χ0n) is 10.7. The number of aromatic nitrogens is 4. The predicted molar refractivity (Wildman–Crippen MR) is 73.6 cm³/mol. The zero-order valence-corrected chi connectivity index (χ0v) is 10.7. The molecule has 2 N–H and O–H groups in total. The van der Waals surface area contributed by atoms with Crippen LogP contribution in [0.2, 0.25) is 0 Å². The van der Waals surface area contributed by atoms with Crippen molar-refractivity contribution >= 4 is 0 Å². The Hall–Kier alpha value is -2.73. The molecule has 3 aromatic rings. The van der Waals surface area contributed by atoms with E-state index in [2.05, 4.69) is 15.1 Å². The third-order valence-corrected chi connectivity index (χ3v) is 2.71. The van der Waals surface area contributed by atoms with Crippen molar-refractivity contribution in [2.24, 2.45) is 5.73 Å². The molecule has 0 saturated carbocycles. The van der Waals surface area contributed by atoms with Crippen LogP contribution in [-0.2, 0) is 6.54 Å². The number of pyridine rings is 1. The highest BCUT2D eigenvalue weighted by molar-refractivity contribution is 5.30. The SMILES string of the molecule is NCc1cncc(Oc2ncn(-c3ccccc3)n2)c1. The second-order valence-corrected chi connectivity index (χ2v) is 4.14. The standard InChI is InChI=1S/C14H13N5O/c15-7-11-6-13(9-16-8-11)20-14-17-10-19(18-14)12-4-2-1-3-5-12/h1-6,8-10H,7,15H2. The molecule has 0 saturated heterocycles. The average molecular weight is 267 g/mol. The fourth-order valence-electron chi connectivity index (χ4n) is 1.74. The molecule has 0 atom stereocenters. The lowest BCUT2D eigenvalue weighted by Crippen LogP contribution is -1.98. The quantitative estimate of drug-likeness (QED) is 0.781. The van der Waals surface area contributed by atoms with Gasteiger partial charge >= 0.3 is 6.01 Å². The van der Waals surface area contributed by atoms with Crippen molar-refractivity contribution < 1.29 is 4.74 Å². The molecule has 2 heterocycles. The van der Waals surface area contributed by atoms with E-state index in [0.717, 1.165) is 11.3 Å². The maximum absolute atomic E-state index is 5.56. The first-order chi connectivity index (χ1) is 9.85. The van der Waals surface area contributed by atoms with Crippen molar-refractivity contribution in [3.8, 4) is 17.4 Å². The van der Waals surface area contributed by atoms with E-state index in [9.17, 15) is 0 Å². The summed E-state index contributed by atoms with van der Waals surface area (Å²) in [6.45, 7) is 0.413. The fourth-order valence-corrected chi connectivity index (χ4v) is 1.74. The van der Waals surface area contributed by atoms with Crippen LogP contribution in [0, 0.1) is 0 Å². The van der Waals surface area contributed by atoms with Crippen molar-refractivity contribution in [3.05, 3.63) is 60.7 Å². The van der Waals surface area contributed by atoms with Crippen molar-refractivity contribution in [2.75, 3.05) is 0 Å². The van der Waals surface area contributed by atoms with E-state index in [4.69, 9.17) is 10.5 Å². The van der Waals surface area contributed by atoms with Gasteiger partial charge < -0.3 is 10.5 Å². The number of nitrogens with zero attached hydrogens (tertiary/aromatic N) is 4. The van der Waals surface area contributed by atoms with Gasteiger partial charge in [-0.1, -0.05) is 18.2 Å². The van der Waals surface area contributed by atoms with Gasteiger partial charge in [-0.3, -0.25) is 4.98 Å². The molecule has 0 spiro atoms. The lowest BCUT2D eigenvalue weighted by molar-refractivity contribution is 0.439. The van der Waals surface area contributed by atoms with Crippen molar-refractivity contribution in [1.29, 1.82) is 0 Å². The van der Waals surface area contributed by atoms with Crippen LogP contribution in [0.4, 0.5) is 0 Å². The van der Waals surface area contributed by atoms with Crippen molar-refractivity contribution in [1.82, 2.24) is 19.7 Å². The molecular weight excluding hydrogens is 254 g/mol. The number of benzene rings is 1. The van der Waals surface area contributed by atoms with Crippen LogP contribution in [0.1, 0.15) is 5.56 Å². The van der Waals surface area contributed by atoms with Gasteiger partial charge in [0.05, 0.1) is 11.9 Å². The first kappa shape index (κ1) is 12.3. The molecule has 0 aliphatic heterocycles. The van der Waals surface area contributed by atoms with Gasteiger partial charge in [-0.25, -0.2) is 4.68 Å². The summed E-state index contributed by atoms with van der Waals surface area (Å²) in [7, 11) is 0. The Bertz CT molecular complexity index is 696. The molecule has 0 unspecified atom stereocenters. The van der Waals surface area contributed by atoms with E-state index in [1.807, 2.05) is 36.4 Å². The van der Waals surface area contributed by atoms with Gasteiger partial charge in [-0.15, -0.1) is 5.10 Å². The smallest absolute Gasteiger partial charge is 0.341 e. The van der Waals surface area contributed by atoms with Crippen LogP contribution in [-0.4, -0.2) is 19.7 Å². The first-order valence-electron chi connectivity index (χ1n) is 6.14. The Balaban J connectivity index is 1.80. The molecule has 0 bridgehead atoms. The molecular formula is C14H13N5O. The summed E-state index contributed by atoms with van der Waals surface area (Å²) in [6, 6.07) is 11.8. The minimum Gasteiger partial charge on any atom is -0.422 e. The molecule has 100 valence electrons. The van der Waals surface area contributed by atoms with Gasteiger partial charge in [0.25, 0.3) is 0 Å². The zero-order chi connectivity index (χ0) is 13.8. The summed E-state index contributed by atoms with van der Waals surface area (Å²) in [5, 5.41) is 4.26. The Morgan fingerprint density at radius 1 is 1.15 bits per heavy atom. The van der Waals surface area contributed by atoms with E-state index in [1.54, 1.807) is 23.4 Å². The van der Waals surface area contributed by atoms with Crippen molar-refractivity contribution in [3.63, 3.8) is 0 Å². The number of hydrogen-bond acceptors (Lipinski definition) is 5. The fraction of sp³-hybridized carbons (Fsp3) is 0.0714. The Kier molecular flexibility index (Phi) is 3.38. The first-order valence-corrected chi connectivity index (χ1v) is 6.14. The number of hydrogen-bond donors (Lipinski definition) is 1. The Morgan fingerprint density at radius 3 is 2.80 bits per heavy atom. The van der Waals surface area contributed by atoms with Crippen LogP contribution in [0.3, 0.4) is 0 Å². The van der Waals surface area contributed by atoms with E-state index >= 15 is 0 Å². The molecule has 0 amide bonds. The predicted octanol–water partition coefficient (Wildman–Crippen LogP) is 1.91. The van der Waals surface area contributed by atoms with Crippen LogP contribution in [0.15, 0.2) is 55.1 Å². The summed E-state index contributed by atoms with van der Waals surface area (Å²) < 4.78 is 7.21. The minimum atomic E-state index is 0.268. The summed E-state index contributed by atoms with van der Waals surface area (Å²) in [5.74, 6) is 0.568. The second-order valence-electron chi connectivity index (χ2n) is 4.14. The average Bonchev–Trinajstić information content (AvgIpc) is 2.97. The lowest BCUT2D eigenvalue weighted by atomic mass is 10.3. The maximum atomic E-state index is 5.56. The Labute approximate surface area is 115 Å². The molecule has 0 aliphatic carbocycles. The summed E-state index contributed by atoms with van der Waals surface area (Å²) >= 11 is 0. The molecule has 20 heavy (non-hydrogen) atoms. The number of nitrogens with two attached hydrogens (primary N) is 1. The van der Waals surface area contributed by atoms with Gasteiger partial charge in [0.1, 0.15) is 12.1 Å². The third kappa shape index (κ3) is 2.65. The van der Waals surface area contributed by atoms with E-state index in [1.165, 1.54) is 0 Å². The van der Waals surface area contributed by atoms with E-state index in [-0.39, 0.29) is 6.01 Å². The van der Waals surface area contributed by atoms with Crippen LogP contribution in [0.25, 0.3) is 5.69 Å². The highest BCUT2D eigenvalue weighted by Gasteiger charge is 2.05. The Morgan fingerprint density at radius 2 is 2.00 bits per heavy atom. The van der Waals surface area contributed by atoms with E-state index in [0.29, 0.717) is 12.3 Å². The summed E-state index contributed by atoms with van der Waals surface area (Å²) in [5.41, 5.74) is 7.37. The van der Waals surface area contributed by atoms with Crippen LogP contribution >= 0.6 is 0 Å². The maximum Gasteiger partial charge on any atom is 0.341 e. The molecule has 1 aromatic carbocycles. The largest absolute Gasteiger partial charge is 0.422 e. The minimum absolute atomic E-state index is 0.268. The normalized spacial score (nSPS) is 10.4. The summed E-state index contributed by atoms with van der Waals surface area (Å²) in [6.07, 6.45) is 4.90. The molecule has 6 nitrogen and oxygen atoms in total. The molecule has 2 aromatic heterocycles. The van der Waals surface area contributed by atoms with E-state index < -0.39 is 0 Å². The van der Waals surface area contributed by atoms with Gasteiger partial charge in [0, 0.05) is 12.7 Å². The number of rotatable bonds is 4. The van der Waals surface area contributed by atoms with Crippen LogP contribution < -0.4 is 10.5 Å². The highest BCUT2D eigenvalue weighted by Crippen LogP contribution is 2.18. The molecule has 6 heteroatoms. The second kappa shape index (κ2) is 5.50. The molecule has 0 fully saturated rings. The molecule has 0 aliphatic rings. The highest BCUT2D eigenvalue weighted by atomic mass is 16.5. The van der Waals surface area contributed by atoms with Gasteiger partial charge in [0.15, 0.2) is 0 Å². The third-order valence-electron chi connectivity index (χ3n) is 2.71.